The third kappa shape index (κ3) is 2.42. The summed E-state index contributed by atoms with van der Waals surface area (Å²) in [5, 5.41) is 0. The number of hydrogen-bond donors (Lipinski definition) is 0. The molecule has 0 bridgehead atoms. The van der Waals surface area contributed by atoms with E-state index in [-0.39, 0.29) is 11.8 Å². The molecule has 0 aliphatic carbocycles. The molecule has 0 aromatic heterocycles. The van der Waals surface area contributed by atoms with Crippen molar-refractivity contribution in [3.05, 3.63) is 35.4 Å². The lowest BCUT2D eigenvalue weighted by Crippen LogP contribution is -2.32. The van der Waals surface area contributed by atoms with Crippen molar-refractivity contribution in [3.63, 3.8) is 0 Å². The topological polar surface area (TPSA) is 20.3 Å². The predicted octanol–water partition coefficient (Wildman–Crippen LogP) is 2.13. The first-order chi connectivity index (χ1) is 6.52. The lowest BCUT2D eigenvalue weighted by Gasteiger charge is -2.18. The molecule has 2 nitrogen and oxygen atoms in total. The summed E-state index contributed by atoms with van der Waals surface area (Å²) in [4.78, 5) is 13.8. The number of carbonyl (C=O) groups is 1. The molecule has 0 saturated carbocycles. The fourth-order valence-electron chi connectivity index (χ4n) is 1.19. The van der Waals surface area contributed by atoms with E-state index in [1.165, 1.54) is 5.56 Å². The third-order valence-corrected chi connectivity index (χ3v) is 2.49. The van der Waals surface area contributed by atoms with Gasteiger partial charge in [-0.15, -0.1) is 0 Å². The second-order valence-corrected chi connectivity index (χ2v) is 3.87. The largest absolute Gasteiger partial charge is 0.300 e. The molecule has 76 valence electrons. The summed E-state index contributed by atoms with van der Waals surface area (Å²) in [5.74, 6) is 0.176. The van der Waals surface area contributed by atoms with Crippen molar-refractivity contribution in [3.8, 4) is 0 Å². The van der Waals surface area contributed by atoms with Gasteiger partial charge in [-0.05, 0) is 27.9 Å². The van der Waals surface area contributed by atoms with E-state index in [4.69, 9.17) is 0 Å². The average Bonchev–Trinajstić information content (AvgIpc) is 2.16. The molecule has 0 aliphatic heterocycles. The highest BCUT2D eigenvalue weighted by Gasteiger charge is 2.16. The summed E-state index contributed by atoms with van der Waals surface area (Å²) in [6, 6.07) is 7.65. The molecule has 1 atom stereocenters. The van der Waals surface area contributed by atoms with Crippen molar-refractivity contribution in [2.75, 3.05) is 14.1 Å². The van der Waals surface area contributed by atoms with Crippen molar-refractivity contribution in [1.82, 2.24) is 4.90 Å². The Bertz CT molecular complexity index is 314. The Kier molecular flexibility index (Phi) is 3.42. The van der Waals surface area contributed by atoms with Gasteiger partial charge in [-0.25, -0.2) is 0 Å². The minimum atomic E-state index is -0.0577. The molecule has 1 aromatic carbocycles. The molecule has 0 saturated heterocycles. The molecule has 1 unspecified atom stereocenters. The van der Waals surface area contributed by atoms with Gasteiger partial charge >= 0.3 is 0 Å². The zero-order chi connectivity index (χ0) is 10.7. The standard InChI is InChI=1S/C12H17NO/c1-9-5-7-11(8-6-9)12(14)10(2)13(3)4/h5-8,10H,1-4H3. The molecule has 1 aromatic rings. The van der Waals surface area contributed by atoms with Gasteiger partial charge in [-0.2, -0.15) is 0 Å². The van der Waals surface area contributed by atoms with Gasteiger partial charge in [-0.3, -0.25) is 9.69 Å². The Balaban J connectivity index is 2.84. The van der Waals surface area contributed by atoms with Crippen molar-refractivity contribution >= 4 is 5.78 Å². The van der Waals surface area contributed by atoms with Crippen LogP contribution in [0.25, 0.3) is 0 Å². The smallest absolute Gasteiger partial charge is 0.179 e. The van der Waals surface area contributed by atoms with Gasteiger partial charge in [0.15, 0.2) is 5.78 Å². The number of ketones is 1. The Morgan fingerprint density at radius 1 is 1.21 bits per heavy atom. The quantitative estimate of drug-likeness (QED) is 0.682. The minimum Gasteiger partial charge on any atom is -0.300 e. The van der Waals surface area contributed by atoms with E-state index in [2.05, 4.69) is 0 Å². The molecule has 1 rings (SSSR count). The first-order valence-corrected chi connectivity index (χ1v) is 4.79. The lowest BCUT2D eigenvalue weighted by molar-refractivity contribution is 0.0890. The average molecular weight is 191 g/mol. The zero-order valence-corrected chi connectivity index (χ0v) is 9.24. The number of benzene rings is 1. The van der Waals surface area contributed by atoms with Crippen molar-refractivity contribution in [1.29, 1.82) is 0 Å². The van der Waals surface area contributed by atoms with Crippen LogP contribution in [0.15, 0.2) is 24.3 Å². The van der Waals surface area contributed by atoms with Crippen LogP contribution in [0.3, 0.4) is 0 Å². The Morgan fingerprint density at radius 3 is 2.14 bits per heavy atom. The van der Waals surface area contributed by atoms with E-state index in [0.29, 0.717) is 0 Å². The van der Waals surface area contributed by atoms with Crippen molar-refractivity contribution < 1.29 is 4.79 Å². The van der Waals surface area contributed by atoms with Crippen LogP contribution in [0.2, 0.25) is 0 Å². The van der Waals surface area contributed by atoms with Gasteiger partial charge in [-0.1, -0.05) is 29.8 Å². The number of aryl methyl sites for hydroxylation is 1. The number of Topliss-reactive ketones (excluding diaryl/α,β-unsaturated/α-hetero) is 1. The molecule has 0 radical (unpaired) electrons. The number of likely N-dealkylation sites (N-methyl/N-ethyl adjacent to an activating group) is 1. The maximum Gasteiger partial charge on any atom is 0.179 e. The van der Waals surface area contributed by atoms with Gasteiger partial charge in [0.05, 0.1) is 6.04 Å². The molecular weight excluding hydrogens is 174 g/mol. The molecule has 2 heteroatoms. The Labute approximate surface area is 85.5 Å². The molecule has 0 heterocycles. The van der Waals surface area contributed by atoms with Gasteiger partial charge < -0.3 is 0 Å². The fourth-order valence-corrected chi connectivity index (χ4v) is 1.19. The molecule has 0 fully saturated rings. The first-order valence-electron chi connectivity index (χ1n) is 4.79. The van der Waals surface area contributed by atoms with E-state index in [1.807, 2.05) is 57.1 Å². The number of nitrogens with zero attached hydrogens (tertiary/aromatic N) is 1. The Hall–Kier alpha value is -1.15. The summed E-state index contributed by atoms with van der Waals surface area (Å²) in [5.41, 5.74) is 1.97. The minimum absolute atomic E-state index is 0.0577. The van der Waals surface area contributed by atoms with Gasteiger partial charge in [0, 0.05) is 5.56 Å². The molecule has 0 amide bonds. The summed E-state index contributed by atoms with van der Waals surface area (Å²) < 4.78 is 0. The van der Waals surface area contributed by atoms with E-state index in [0.717, 1.165) is 5.56 Å². The van der Waals surface area contributed by atoms with Gasteiger partial charge in [0.1, 0.15) is 0 Å². The van der Waals surface area contributed by atoms with Crippen molar-refractivity contribution in [2.24, 2.45) is 0 Å². The maximum absolute atomic E-state index is 11.9. The molecule has 14 heavy (non-hydrogen) atoms. The third-order valence-electron chi connectivity index (χ3n) is 2.49. The SMILES string of the molecule is Cc1ccc(C(=O)C(C)N(C)C)cc1. The summed E-state index contributed by atoms with van der Waals surface area (Å²) in [6.45, 7) is 3.94. The highest BCUT2D eigenvalue weighted by atomic mass is 16.1. The van der Waals surface area contributed by atoms with Crippen LogP contribution in [-0.4, -0.2) is 30.8 Å². The molecule has 0 N–H and O–H groups in total. The number of hydrogen-bond acceptors (Lipinski definition) is 2. The number of carbonyl (C=O) groups excluding carboxylic acids is 1. The molecule has 0 aliphatic rings. The van der Waals surface area contributed by atoms with Crippen LogP contribution in [0.5, 0.6) is 0 Å². The zero-order valence-electron chi connectivity index (χ0n) is 9.24. The maximum atomic E-state index is 11.9. The van der Waals surface area contributed by atoms with Crippen LogP contribution >= 0.6 is 0 Å². The monoisotopic (exact) mass is 191 g/mol. The first kappa shape index (κ1) is 10.9. The Morgan fingerprint density at radius 2 is 1.71 bits per heavy atom. The van der Waals surface area contributed by atoms with Gasteiger partial charge in [0.2, 0.25) is 0 Å². The van der Waals surface area contributed by atoms with Crippen LogP contribution in [0, 0.1) is 6.92 Å². The normalized spacial score (nSPS) is 12.9. The van der Waals surface area contributed by atoms with Crippen LogP contribution in [0.4, 0.5) is 0 Å². The molecular formula is C12H17NO. The van der Waals surface area contributed by atoms with Crippen LogP contribution in [0.1, 0.15) is 22.8 Å². The predicted molar refractivity (Wildman–Crippen MR) is 58.7 cm³/mol. The fraction of sp³-hybridized carbons (Fsp3) is 0.417. The summed E-state index contributed by atoms with van der Waals surface area (Å²) >= 11 is 0. The van der Waals surface area contributed by atoms with Crippen LogP contribution < -0.4 is 0 Å². The molecule has 0 spiro atoms. The van der Waals surface area contributed by atoms with E-state index >= 15 is 0 Å². The highest BCUT2D eigenvalue weighted by molar-refractivity contribution is 5.99. The van der Waals surface area contributed by atoms with Gasteiger partial charge in [0.25, 0.3) is 0 Å². The number of rotatable bonds is 3. The highest BCUT2D eigenvalue weighted by Crippen LogP contribution is 2.08. The summed E-state index contributed by atoms with van der Waals surface area (Å²) in [7, 11) is 3.83. The summed E-state index contributed by atoms with van der Waals surface area (Å²) in [6.07, 6.45) is 0. The van der Waals surface area contributed by atoms with E-state index in [9.17, 15) is 4.79 Å². The van der Waals surface area contributed by atoms with Crippen molar-refractivity contribution in [2.45, 2.75) is 19.9 Å². The van der Waals surface area contributed by atoms with E-state index < -0.39 is 0 Å². The van der Waals surface area contributed by atoms with E-state index in [1.54, 1.807) is 0 Å². The second kappa shape index (κ2) is 4.38. The second-order valence-electron chi connectivity index (χ2n) is 3.87. The van der Waals surface area contributed by atoms with Crippen LogP contribution in [-0.2, 0) is 0 Å². The lowest BCUT2D eigenvalue weighted by atomic mass is 10.0.